The maximum absolute atomic E-state index is 12.3. The van der Waals surface area contributed by atoms with Crippen LogP contribution in [-0.4, -0.2) is 56.0 Å². The summed E-state index contributed by atoms with van der Waals surface area (Å²) < 4.78 is 28.5. The Labute approximate surface area is 108 Å². The largest absolute Gasteiger partial charge is 0.368 e. The average molecular weight is 275 g/mol. The van der Waals surface area contributed by atoms with Gasteiger partial charge in [0.2, 0.25) is 0 Å². The number of nitrogens with zero attached hydrogens (tertiary/aromatic N) is 1. The number of carbonyl (C=O) groups excluding carboxylic acids is 1. The number of ether oxygens (including phenoxy) is 1. The topological polar surface area (TPSA) is 63.7 Å². The molecule has 104 valence electrons. The summed E-state index contributed by atoms with van der Waals surface area (Å²) >= 11 is 0. The maximum atomic E-state index is 12.3. The van der Waals surface area contributed by atoms with Crippen molar-refractivity contribution >= 4 is 15.7 Å². The van der Waals surface area contributed by atoms with Gasteiger partial charge in [-0.25, -0.2) is 8.42 Å². The Morgan fingerprint density at radius 1 is 1.39 bits per heavy atom. The van der Waals surface area contributed by atoms with Gasteiger partial charge < -0.3 is 9.64 Å². The molecule has 2 heterocycles. The lowest BCUT2D eigenvalue weighted by Crippen LogP contribution is -2.46. The van der Waals surface area contributed by atoms with Crippen LogP contribution in [0.4, 0.5) is 0 Å². The molecule has 2 saturated heterocycles. The first-order valence-corrected chi connectivity index (χ1v) is 8.48. The van der Waals surface area contributed by atoms with E-state index in [1.54, 1.807) is 4.90 Å². The Bertz CT molecular complexity index is 400. The van der Waals surface area contributed by atoms with Crippen LogP contribution in [0.2, 0.25) is 0 Å². The summed E-state index contributed by atoms with van der Waals surface area (Å²) in [5.74, 6) is 0.304. The molecule has 0 bridgehead atoms. The zero-order chi connectivity index (χ0) is 13.2. The molecule has 5 nitrogen and oxygen atoms in total. The second-order valence-corrected chi connectivity index (χ2v) is 7.32. The molecule has 0 aromatic carbocycles. The molecule has 2 atom stereocenters. The number of carbonyl (C=O) groups is 1. The summed E-state index contributed by atoms with van der Waals surface area (Å²) in [6, 6.07) is -0.147. The highest BCUT2D eigenvalue weighted by Crippen LogP contribution is 2.22. The second-order valence-electron chi connectivity index (χ2n) is 5.09. The fraction of sp³-hybridized carbons (Fsp3) is 0.917. The molecule has 2 aliphatic rings. The molecule has 1 amide bonds. The van der Waals surface area contributed by atoms with Crippen molar-refractivity contribution in [3.8, 4) is 0 Å². The molecule has 2 rings (SSSR count). The maximum Gasteiger partial charge on any atom is 0.251 e. The smallest absolute Gasteiger partial charge is 0.251 e. The molecular weight excluding hydrogens is 254 g/mol. The van der Waals surface area contributed by atoms with E-state index in [2.05, 4.69) is 0 Å². The molecular formula is C12H21NO4S. The SMILES string of the molecule is CCCN(C(=O)C1CCCO1)C1CCS(=O)(=O)C1. The normalized spacial score (nSPS) is 30.5. The molecule has 2 aliphatic heterocycles. The van der Waals surface area contributed by atoms with Crippen molar-refractivity contribution < 1.29 is 17.9 Å². The van der Waals surface area contributed by atoms with Gasteiger partial charge >= 0.3 is 0 Å². The van der Waals surface area contributed by atoms with Crippen LogP contribution in [0.1, 0.15) is 32.6 Å². The summed E-state index contributed by atoms with van der Waals surface area (Å²) in [4.78, 5) is 14.1. The van der Waals surface area contributed by atoms with Crippen LogP contribution in [0, 0.1) is 0 Å². The first kappa shape index (κ1) is 13.8. The quantitative estimate of drug-likeness (QED) is 0.753. The number of hydrogen-bond acceptors (Lipinski definition) is 4. The van der Waals surface area contributed by atoms with E-state index in [9.17, 15) is 13.2 Å². The molecule has 0 radical (unpaired) electrons. The van der Waals surface area contributed by atoms with Gasteiger partial charge in [0, 0.05) is 19.2 Å². The lowest BCUT2D eigenvalue weighted by atomic mass is 10.1. The Balaban J connectivity index is 2.05. The zero-order valence-electron chi connectivity index (χ0n) is 10.8. The second kappa shape index (κ2) is 5.57. The molecule has 0 aromatic heterocycles. The van der Waals surface area contributed by atoms with Gasteiger partial charge in [-0.05, 0) is 25.7 Å². The van der Waals surface area contributed by atoms with E-state index >= 15 is 0 Å². The van der Waals surface area contributed by atoms with Gasteiger partial charge in [0.15, 0.2) is 9.84 Å². The van der Waals surface area contributed by atoms with Gasteiger partial charge in [0.1, 0.15) is 6.10 Å². The molecule has 2 fully saturated rings. The van der Waals surface area contributed by atoms with E-state index in [0.29, 0.717) is 19.6 Å². The number of amides is 1. The lowest BCUT2D eigenvalue weighted by molar-refractivity contribution is -0.142. The van der Waals surface area contributed by atoms with E-state index < -0.39 is 9.84 Å². The summed E-state index contributed by atoms with van der Waals surface area (Å²) in [6.45, 7) is 3.26. The minimum atomic E-state index is -2.95. The molecule has 18 heavy (non-hydrogen) atoms. The summed E-state index contributed by atoms with van der Waals surface area (Å²) in [7, 11) is -2.95. The van der Waals surface area contributed by atoms with Crippen molar-refractivity contribution in [3.05, 3.63) is 0 Å². The Kier molecular flexibility index (Phi) is 4.27. The van der Waals surface area contributed by atoms with E-state index in [4.69, 9.17) is 4.74 Å². The van der Waals surface area contributed by atoms with Gasteiger partial charge in [-0.1, -0.05) is 6.92 Å². The Morgan fingerprint density at radius 3 is 2.67 bits per heavy atom. The minimum Gasteiger partial charge on any atom is -0.368 e. The van der Waals surface area contributed by atoms with Crippen molar-refractivity contribution in [1.82, 2.24) is 4.90 Å². The van der Waals surface area contributed by atoms with Crippen LogP contribution in [0.3, 0.4) is 0 Å². The highest BCUT2D eigenvalue weighted by atomic mass is 32.2. The summed E-state index contributed by atoms with van der Waals surface area (Å²) in [5.41, 5.74) is 0. The van der Waals surface area contributed by atoms with Gasteiger partial charge in [0.05, 0.1) is 11.5 Å². The van der Waals surface area contributed by atoms with E-state index in [1.807, 2.05) is 6.92 Å². The fourth-order valence-corrected chi connectivity index (χ4v) is 4.42. The van der Waals surface area contributed by atoms with E-state index in [-0.39, 0.29) is 29.6 Å². The minimum absolute atomic E-state index is 0.0172. The van der Waals surface area contributed by atoms with Crippen molar-refractivity contribution in [2.75, 3.05) is 24.7 Å². The molecule has 0 aliphatic carbocycles. The predicted molar refractivity (Wildman–Crippen MR) is 68.0 cm³/mol. The average Bonchev–Trinajstić information content (AvgIpc) is 2.94. The van der Waals surface area contributed by atoms with Crippen LogP contribution in [0.5, 0.6) is 0 Å². The first-order valence-electron chi connectivity index (χ1n) is 6.66. The number of hydrogen-bond donors (Lipinski definition) is 0. The third-order valence-electron chi connectivity index (χ3n) is 3.60. The zero-order valence-corrected chi connectivity index (χ0v) is 11.6. The van der Waals surface area contributed by atoms with Gasteiger partial charge in [0.25, 0.3) is 5.91 Å². The number of rotatable bonds is 4. The van der Waals surface area contributed by atoms with Crippen LogP contribution in [0.15, 0.2) is 0 Å². The van der Waals surface area contributed by atoms with Crippen LogP contribution >= 0.6 is 0 Å². The van der Waals surface area contributed by atoms with Crippen molar-refractivity contribution in [1.29, 1.82) is 0 Å². The van der Waals surface area contributed by atoms with Gasteiger partial charge in [-0.15, -0.1) is 0 Å². The van der Waals surface area contributed by atoms with Crippen LogP contribution < -0.4 is 0 Å². The van der Waals surface area contributed by atoms with E-state index in [1.165, 1.54) is 0 Å². The first-order chi connectivity index (χ1) is 8.53. The summed E-state index contributed by atoms with van der Waals surface area (Å²) in [5, 5.41) is 0. The summed E-state index contributed by atoms with van der Waals surface area (Å²) in [6.07, 6.45) is 2.74. The fourth-order valence-electron chi connectivity index (χ4n) is 2.69. The molecule has 0 spiro atoms. The number of sulfone groups is 1. The monoisotopic (exact) mass is 275 g/mol. The molecule has 0 saturated carbocycles. The standard InChI is InChI=1S/C12H21NO4S/c1-2-6-13(10-5-8-18(15,16)9-10)12(14)11-4-3-7-17-11/h10-11H,2-9H2,1H3. The van der Waals surface area contributed by atoms with Gasteiger partial charge in [-0.3, -0.25) is 4.79 Å². The highest BCUT2D eigenvalue weighted by molar-refractivity contribution is 7.91. The molecule has 6 heteroatoms. The van der Waals surface area contributed by atoms with Crippen molar-refractivity contribution in [2.45, 2.75) is 44.8 Å². The molecule has 0 aromatic rings. The molecule has 0 N–H and O–H groups in total. The third-order valence-corrected chi connectivity index (χ3v) is 5.35. The predicted octanol–water partition coefficient (Wildman–Crippen LogP) is 0.591. The van der Waals surface area contributed by atoms with Crippen LogP contribution in [0.25, 0.3) is 0 Å². The Morgan fingerprint density at radius 2 is 2.17 bits per heavy atom. The molecule has 2 unspecified atom stereocenters. The highest BCUT2D eigenvalue weighted by Gasteiger charge is 2.37. The lowest BCUT2D eigenvalue weighted by Gasteiger charge is -2.30. The van der Waals surface area contributed by atoms with Crippen LogP contribution in [-0.2, 0) is 19.4 Å². The van der Waals surface area contributed by atoms with Crippen molar-refractivity contribution in [2.24, 2.45) is 0 Å². The van der Waals surface area contributed by atoms with E-state index in [0.717, 1.165) is 19.3 Å². The van der Waals surface area contributed by atoms with Gasteiger partial charge in [-0.2, -0.15) is 0 Å². The van der Waals surface area contributed by atoms with Crippen molar-refractivity contribution in [3.63, 3.8) is 0 Å². The third kappa shape index (κ3) is 3.03. The Hall–Kier alpha value is -0.620.